The van der Waals surface area contributed by atoms with Crippen LogP contribution in [0.1, 0.15) is 36.8 Å². The summed E-state index contributed by atoms with van der Waals surface area (Å²) in [4.78, 5) is 27.2. The molecule has 31 heavy (non-hydrogen) atoms. The van der Waals surface area contributed by atoms with E-state index in [0.717, 1.165) is 0 Å². The van der Waals surface area contributed by atoms with Crippen LogP contribution >= 0.6 is 0 Å². The zero-order valence-electron chi connectivity index (χ0n) is 17.7. The number of carbonyl (C=O) groups excluding carboxylic acids is 2. The topological polar surface area (TPSA) is 65.1 Å². The highest BCUT2D eigenvalue weighted by molar-refractivity contribution is 5.79. The molecule has 0 aromatic heterocycles. The first-order chi connectivity index (χ1) is 15.2. The van der Waals surface area contributed by atoms with Crippen molar-refractivity contribution in [2.75, 3.05) is 26.4 Å². The molecule has 3 aliphatic rings. The summed E-state index contributed by atoms with van der Waals surface area (Å²) >= 11 is 0. The Labute approximate surface area is 182 Å². The van der Waals surface area contributed by atoms with Crippen LogP contribution in [0.3, 0.4) is 0 Å². The lowest BCUT2D eigenvalue weighted by atomic mass is 9.85. The van der Waals surface area contributed by atoms with Crippen molar-refractivity contribution in [3.05, 3.63) is 59.7 Å². The van der Waals surface area contributed by atoms with E-state index in [1.807, 2.05) is 31.2 Å². The lowest BCUT2D eigenvalue weighted by Gasteiger charge is -2.46. The van der Waals surface area contributed by atoms with Crippen molar-refractivity contribution < 1.29 is 23.8 Å². The first kappa shape index (κ1) is 20.1. The van der Waals surface area contributed by atoms with Gasteiger partial charge >= 0.3 is 12.1 Å². The third-order valence-corrected chi connectivity index (χ3v) is 6.69. The number of amides is 1. The van der Waals surface area contributed by atoms with Crippen molar-refractivity contribution in [2.24, 2.45) is 5.92 Å². The van der Waals surface area contributed by atoms with Gasteiger partial charge in [0.1, 0.15) is 6.61 Å². The minimum absolute atomic E-state index is 0.0320. The number of esters is 1. The van der Waals surface area contributed by atoms with E-state index < -0.39 is 0 Å². The van der Waals surface area contributed by atoms with Gasteiger partial charge < -0.3 is 14.2 Å². The van der Waals surface area contributed by atoms with Gasteiger partial charge in [0.2, 0.25) is 0 Å². The predicted octanol–water partition coefficient (Wildman–Crippen LogP) is 3.98. The fourth-order valence-electron chi connectivity index (χ4n) is 5.33. The van der Waals surface area contributed by atoms with Gasteiger partial charge in [-0.2, -0.15) is 0 Å². The molecular weight excluding hydrogens is 394 g/mol. The summed E-state index contributed by atoms with van der Waals surface area (Å²) < 4.78 is 16.8. The summed E-state index contributed by atoms with van der Waals surface area (Å²) in [5.74, 6) is -0.326. The maximum Gasteiger partial charge on any atom is 0.410 e. The van der Waals surface area contributed by atoms with Crippen molar-refractivity contribution in [1.82, 2.24) is 4.90 Å². The lowest BCUT2D eigenvalue weighted by molar-refractivity contribution is -0.155. The fraction of sp³-hybridized carbons (Fsp3) is 0.440. The summed E-state index contributed by atoms with van der Waals surface area (Å²) in [5, 5.41) is 0. The maximum atomic E-state index is 13.1. The molecule has 2 aromatic rings. The summed E-state index contributed by atoms with van der Waals surface area (Å²) in [6.07, 6.45) is 0.793. The van der Waals surface area contributed by atoms with Crippen LogP contribution in [0.5, 0.6) is 0 Å². The Bertz CT molecular complexity index is 930. The van der Waals surface area contributed by atoms with E-state index in [4.69, 9.17) is 14.2 Å². The van der Waals surface area contributed by atoms with Gasteiger partial charge in [0.05, 0.1) is 37.8 Å². The van der Waals surface area contributed by atoms with Crippen LogP contribution in [0.4, 0.5) is 4.79 Å². The molecule has 6 heteroatoms. The number of morpholine rings is 1. The van der Waals surface area contributed by atoms with Gasteiger partial charge in [0, 0.05) is 5.92 Å². The van der Waals surface area contributed by atoms with Gasteiger partial charge in [0.25, 0.3) is 0 Å². The Hall–Kier alpha value is -2.86. The van der Waals surface area contributed by atoms with Crippen LogP contribution in [-0.4, -0.2) is 55.5 Å². The molecule has 2 heterocycles. The minimum Gasteiger partial charge on any atom is -0.466 e. The standard InChI is InChI=1S/C25H27NO5/c1-2-30-24(27)16-11-17-13-29-14-18(12-16)26(17)25(28)31-15-23-21-9-5-3-7-19(21)20-8-4-6-10-22(20)23/h3-10,16-18,23H,2,11-15H2,1H3. The molecule has 2 saturated heterocycles. The number of carbonyl (C=O) groups is 2. The lowest BCUT2D eigenvalue weighted by Crippen LogP contribution is -2.60. The number of fused-ring (bicyclic) bond motifs is 5. The van der Waals surface area contributed by atoms with Gasteiger partial charge in [-0.15, -0.1) is 0 Å². The molecule has 1 aliphatic carbocycles. The maximum absolute atomic E-state index is 13.1. The number of piperidine rings is 1. The van der Waals surface area contributed by atoms with Crippen molar-refractivity contribution in [1.29, 1.82) is 0 Å². The van der Waals surface area contributed by atoms with Crippen molar-refractivity contribution in [2.45, 2.75) is 37.8 Å². The van der Waals surface area contributed by atoms with Gasteiger partial charge in [-0.1, -0.05) is 48.5 Å². The number of hydrogen-bond donors (Lipinski definition) is 0. The van der Waals surface area contributed by atoms with E-state index in [-0.39, 0.29) is 36.0 Å². The fourth-order valence-corrected chi connectivity index (χ4v) is 5.33. The molecule has 2 fully saturated rings. The summed E-state index contributed by atoms with van der Waals surface area (Å²) in [5.41, 5.74) is 4.81. The van der Waals surface area contributed by atoms with Crippen LogP contribution in [0, 0.1) is 5.92 Å². The van der Waals surface area contributed by atoms with Crippen LogP contribution in [0.25, 0.3) is 11.1 Å². The molecular formula is C25H27NO5. The van der Waals surface area contributed by atoms with E-state index in [1.54, 1.807) is 4.90 Å². The summed E-state index contributed by atoms with van der Waals surface area (Å²) in [6.45, 7) is 3.34. The van der Waals surface area contributed by atoms with E-state index >= 15 is 0 Å². The minimum atomic E-state index is -0.317. The number of benzene rings is 2. The molecule has 2 aromatic carbocycles. The van der Waals surface area contributed by atoms with E-state index in [0.29, 0.717) is 39.3 Å². The highest BCUT2D eigenvalue weighted by Gasteiger charge is 2.45. The second kappa shape index (κ2) is 8.35. The Morgan fingerprint density at radius 2 is 1.52 bits per heavy atom. The molecule has 2 bridgehead atoms. The smallest absolute Gasteiger partial charge is 0.410 e. The largest absolute Gasteiger partial charge is 0.466 e. The average molecular weight is 421 g/mol. The second-order valence-electron chi connectivity index (χ2n) is 8.48. The number of hydrogen-bond acceptors (Lipinski definition) is 5. The highest BCUT2D eigenvalue weighted by Crippen LogP contribution is 2.44. The molecule has 6 nitrogen and oxygen atoms in total. The van der Waals surface area contributed by atoms with Crippen LogP contribution in [-0.2, 0) is 19.0 Å². The van der Waals surface area contributed by atoms with Gasteiger partial charge in [0.15, 0.2) is 0 Å². The second-order valence-corrected chi connectivity index (χ2v) is 8.48. The van der Waals surface area contributed by atoms with Gasteiger partial charge in [-0.05, 0) is 42.0 Å². The molecule has 0 radical (unpaired) electrons. The molecule has 2 atom stereocenters. The molecule has 5 rings (SSSR count). The SMILES string of the molecule is CCOC(=O)C1CC2COCC(C1)N2C(=O)OCC1c2ccccc2-c2ccccc21. The molecule has 2 unspecified atom stereocenters. The van der Waals surface area contributed by atoms with Crippen LogP contribution in [0.15, 0.2) is 48.5 Å². The Morgan fingerprint density at radius 3 is 2.10 bits per heavy atom. The summed E-state index contributed by atoms with van der Waals surface area (Å²) in [7, 11) is 0. The summed E-state index contributed by atoms with van der Waals surface area (Å²) in [6, 6.07) is 16.3. The molecule has 162 valence electrons. The van der Waals surface area contributed by atoms with Gasteiger partial charge in [-0.25, -0.2) is 4.79 Å². The van der Waals surface area contributed by atoms with E-state index in [1.165, 1.54) is 22.3 Å². The average Bonchev–Trinajstić information content (AvgIpc) is 3.10. The molecule has 0 N–H and O–H groups in total. The van der Waals surface area contributed by atoms with E-state index in [2.05, 4.69) is 24.3 Å². The number of nitrogens with zero attached hydrogens (tertiary/aromatic N) is 1. The van der Waals surface area contributed by atoms with Crippen molar-refractivity contribution >= 4 is 12.1 Å². The third-order valence-electron chi connectivity index (χ3n) is 6.69. The van der Waals surface area contributed by atoms with Crippen LogP contribution < -0.4 is 0 Å². The van der Waals surface area contributed by atoms with Crippen molar-refractivity contribution in [3.63, 3.8) is 0 Å². The zero-order chi connectivity index (χ0) is 21.4. The zero-order valence-corrected chi connectivity index (χ0v) is 17.7. The first-order valence-corrected chi connectivity index (χ1v) is 11.0. The normalized spacial score (nSPS) is 24.3. The number of rotatable bonds is 4. The Kier molecular flexibility index (Phi) is 5.40. The van der Waals surface area contributed by atoms with Crippen molar-refractivity contribution in [3.8, 4) is 11.1 Å². The highest BCUT2D eigenvalue weighted by atomic mass is 16.6. The quantitative estimate of drug-likeness (QED) is 0.699. The van der Waals surface area contributed by atoms with Gasteiger partial charge in [-0.3, -0.25) is 9.69 Å². The molecule has 0 saturated carbocycles. The molecule has 1 amide bonds. The Morgan fingerprint density at radius 1 is 0.935 bits per heavy atom. The van der Waals surface area contributed by atoms with E-state index in [9.17, 15) is 9.59 Å². The molecule has 0 spiro atoms. The number of ether oxygens (including phenoxy) is 3. The molecule has 2 aliphatic heterocycles. The Balaban J connectivity index is 1.30. The third kappa shape index (κ3) is 3.59. The first-order valence-electron chi connectivity index (χ1n) is 11.0. The monoisotopic (exact) mass is 421 g/mol. The predicted molar refractivity (Wildman–Crippen MR) is 115 cm³/mol. The van der Waals surface area contributed by atoms with Crippen LogP contribution in [0.2, 0.25) is 0 Å².